The van der Waals surface area contributed by atoms with Crippen molar-refractivity contribution in [3.05, 3.63) is 28.3 Å². The van der Waals surface area contributed by atoms with Crippen LogP contribution in [0.4, 0.5) is 0 Å². The van der Waals surface area contributed by atoms with E-state index in [0.717, 1.165) is 16.8 Å². The monoisotopic (exact) mass is 332 g/mol. The van der Waals surface area contributed by atoms with Crippen LogP contribution in [0.2, 0.25) is 0 Å². The van der Waals surface area contributed by atoms with Crippen molar-refractivity contribution in [2.24, 2.45) is 0 Å². The second-order valence-corrected chi connectivity index (χ2v) is 6.02. The number of hydrogen-bond acceptors (Lipinski definition) is 6. The topological polar surface area (TPSA) is 69.9 Å². The van der Waals surface area contributed by atoms with Crippen LogP contribution in [0.3, 0.4) is 0 Å². The summed E-state index contributed by atoms with van der Waals surface area (Å²) in [5, 5.41) is 0.680. The van der Waals surface area contributed by atoms with Crippen LogP contribution in [0.1, 0.15) is 31.8 Å². The Balaban J connectivity index is 2.63. The molecule has 0 atom stereocenters. The first-order chi connectivity index (χ1) is 11.0. The van der Waals surface area contributed by atoms with E-state index in [9.17, 15) is 9.59 Å². The molecule has 0 amide bonds. The molecular formula is C16H16N2O4S. The molecule has 0 aliphatic heterocycles. The first-order valence-corrected chi connectivity index (χ1v) is 8.17. The maximum Gasteiger partial charge on any atom is 0.341 e. The Hall–Kier alpha value is -2.28. The largest absolute Gasteiger partial charge is 0.465 e. The molecule has 0 aliphatic rings. The van der Waals surface area contributed by atoms with E-state index in [-0.39, 0.29) is 11.1 Å². The summed E-state index contributed by atoms with van der Waals surface area (Å²) >= 11 is 1.42. The lowest BCUT2D eigenvalue weighted by molar-refractivity contribution is 0.0559. The number of nitrogens with zero attached hydrogens (tertiary/aromatic N) is 2. The van der Waals surface area contributed by atoms with Gasteiger partial charge in [-0.05, 0) is 31.2 Å². The number of rotatable bonds is 3. The SMILES string of the molecule is COC(=O)c1c(C(=O)OC)c2c(SC)nc3c(C)cc(C)c1n32. The molecule has 0 saturated heterocycles. The Labute approximate surface area is 137 Å². The molecule has 0 aromatic carbocycles. The number of pyridine rings is 1. The molecule has 0 bridgehead atoms. The molecule has 0 aliphatic carbocycles. The van der Waals surface area contributed by atoms with Gasteiger partial charge in [0.2, 0.25) is 0 Å². The van der Waals surface area contributed by atoms with Crippen molar-refractivity contribution in [2.45, 2.75) is 18.9 Å². The summed E-state index contributed by atoms with van der Waals surface area (Å²) in [7, 11) is 2.59. The lowest BCUT2D eigenvalue weighted by Gasteiger charge is -2.06. The average molecular weight is 332 g/mol. The number of imidazole rings is 1. The first-order valence-electron chi connectivity index (χ1n) is 6.94. The second kappa shape index (κ2) is 5.42. The van der Waals surface area contributed by atoms with E-state index < -0.39 is 11.9 Å². The molecule has 3 rings (SSSR count). The summed E-state index contributed by atoms with van der Waals surface area (Å²) in [6.45, 7) is 3.85. The highest BCUT2D eigenvalue weighted by molar-refractivity contribution is 7.98. The highest BCUT2D eigenvalue weighted by Gasteiger charge is 2.32. The maximum absolute atomic E-state index is 12.4. The number of aryl methyl sites for hydroxylation is 2. The molecule has 3 heterocycles. The zero-order valence-corrected chi connectivity index (χ0v) is 14.3. The van der Waals surface area contributed by atoms with Crippen molar-refractivity contribution >= 4 is 40.4 Å². The summed E-state index contributed by atoms with van der Waals surface area (Å²) in [4.78, 5) is 29.3. The van der Waals surface area contributed by atoms with Crippen LogP contribution in [-0.4, -0.2) is 41.8 Å². The Morgan fingerprint density at radius 2 is 1.61 bits per heavy atom. The van der Waals surface area contributed by atoms with Crippen LogP contribution in [0.5, 0.6) is 0 Å². The third-order valence-corrected chi connectivity index (χ3v) is 4.60. The summed E-state index contributed by atoms with van der Waals surface area (Å²) in [6, 6.07) is 1.95. The van der Waals surface area contributed by atoms with E-state index >= 15 is 0 Å². The average Bonchev–Trinajstić information content (AvgIpc) is 3.08. The summed E-state index contributed by atoms with van der Waals surface area (Å²) in [5.41, 5.74) is 4.26. The minimum Gasteiger partial charge on any atom is -0.465 e. The second-order valence-electron chi connectivity index (χ2n) is 5.22. The number of ether oxygens (including phenoxy) is 2. The van der Waals surface area contributed by atoms with Gasteiger partial charge in [-0.15, -0.1) is 11.8 Å². The maximum atomic E-state index is 12.4. The van der Waals surface area contributed by atoms with E-state index in [4.69, 9.17) is 9.47 Å². The number of carbonyl (C=O) groups excluding carboxylic acids is 2. The Morgan fingerprint density at radius 1 is 1.04 bits per heavy atom. The third kappa shape index (κ3) is 1.99. The van der Waals surface area contributed by atoms with Gasteiger partial charge in [0.15, 0.2) is 0 Å². The first kappa shape index (κ1) is 15.6. The van der Waals surface area contributed by atoms with Crippen molar-refractivity contribution in [1.29, 1.82) is 0 Å². The van der Waals surface area contributed by atoms with Crippen molar-refractivity contribution in [3.63, 3.8) is 0 Å². The van der Waals surface area contributed by atoms with Crippen molar-refractivity contribution in [1.82, 2.24) is 9.38 Å². The summed E-state index contributed by atoms with van der Waals surface area (Å²) in [6.07, 6.45) is 1.88. The molecular weight excluding hydrogens is 316 g/mol. The molecule has 6 nitrogen and oxygen atoms in total. The van der Waals surface area contributed by atoms with Crippen LogP contribution >= 0.6 is 11.8 Å². The number of carbonyl (C=O) groups is 2. The molecule has 0 saturated carbocycles. The molecule has 0 N–H and O–H groups in total. The van der Waals surface area contributed by atoms with Gasteiger partial charge in [-0.1, -0.05) is 6.07 Å². The number of esters is 2. The van der Waals surface area contributed by atoms with E-state index in [1.807, 2.05) is 30.6 Å². The van der Waals surface area contributed by atoms with Crippen LogP contribution in [0.15, 0.2) is 11.1 Å². The van der Waals surface area contributed by atoms with Gasteiger partial charge in [-0.2, -0.15) is 0 Å². The van der Waals surface area contributed by atoms with Gasteiger partial charge in [0.25, 0.3) is 0 Å². The highest BCUT2D eigenvalue weighted by Crippen LogP contribution is 2.37. The molecule has 0 unspecified atom stereocenters. The van der Waals surface area contributed by atoms with Crippen molar-refractivity contribution < 1.29 is 19.1 Å². The standard InChI is InChI=1S/C16H16N2O4S/c1-7-6-8(2)13-17-14(23-5)12-10(16(20)22-4)9(15(19)21-3)11(7)18(12)13/h6H,1-5H3. The van der Waals surface area contributed by atoms with Gasteiger partial charge in [0, 0.05) is 0 Å². The van der Waals surface area contributed by atoms with Gasteiger partial charge in [0.1, 0.15) is 21.8 Å². The van der Waals surface area contributed by atoms with Gasteiger partial charge >= 0.3 is 11.9 Å². The number of hydrogen-bond donors (Lipinski definition) is 0. The lowest BCUT2D eigenvalue weighted by Crippen LogP contribution is -2.10. The lowest BCUT2D eigenvalue weighted by atomic mass is 10.1. The third-order valence-electron chi connectivity index (χ3n) is 3.92. The number of methoxy groups -OCH3 is 2. The molecule has 3 aromatic rings. The highest BCUT2D eigenvalue weighted by atomic mass is 32.2. The van der Waals surface area contributed by atoms with Crippen molar-refractivity contribution in [2.75, 3.05) is 20.5 Å². The molecule has 0 spiro atoms. The van der Waals surface area contributed by atoms with E-state index in [2.05, 4.69) is 4.98 Å². The molecule has 0 radical (unpaired) electrons. The summed E-state index contributed by atoms with van der Waals surface area (Å²) in [5.74, 6) is -1.13. The summed E-state index contributed by atoms with van der Waals surface area (Å²) < 4.78 is 11.7. The van der Waals surface area contributed by atoms with E-state index in [1.54, 1.807) is 0 Å². The predicted octanol–water partition coefficient (Wildman–Crippen LogP) is 2.84. The Morgan fingerprint density at radius 3 is 2.13 bits per heavy atom. The normalized spacial score (nSPS) is 11.3. The van der Waals surface area contributed by atoms with Crippen LogP contribution in [-0.2, 0) is 9.47 Å². The van der Waals surface area contributed by atoms with E-state index in [0.29, 0.717) is 16.1 Å². The number of thioether (sulfide) groups is 1. The fraction of sp³-hybridized carbons (Fsp3) is 0.312. The molecule has 23 heavy (non-hydrogen) atoms. The number of aromatic nitrogens is 2. The Kier molecular flexibility index (Phi) is 3.68. The quantitative estimate of drug-likeness (QED) is 0.542. The fourth-order valence-electron chi connectivity index (χ4n) is 3.03. The molecule has 3 aromatic heterocycles. The minimum atomic E-state index is -0.573. The van der Waals surface area contributed by atoms with Crippen LogP contribution < -0.4 is 0 Å². The van der Waals surface area contributed by atoms with Gasteiger partial charge in [0.05, 0.1) is 25.3 Å². The fourth-order valence-corrected chi connectivity index (χ4v) is 3.59. The molecule has 0 fully saturated rings. The van der Waals surface area contributed by atoms with Gasteiger partial charge in [-0.25, -0.2) is 14.6 Å². The van der Waals surface area contributed by atoms with Crippen molar-refractivity contribution in [3.8, 4) is 0 Å². The zero-order chi connectivity index (χ0) is 16.9. The van der Waals surface area contributed by atoms with E-state index in [1.165, 1.54) is 26.0 Å². The smallest absolute Gasteiger partial charge is 0.341 e. The zero-order valence-electron chi connectivity index (χ0n) is 13.5. The minimum absolute atomic E-state index is 0.208. The molecule has 120 valence electrons. The molecule has 7 heteroatoms. The predicted molar refractivity (Wildman–Crippen MR) is 87.8 cm³/mol. The van der Waals surface area contributed by atoms with Crippen LogP contribution in [0, 0.1) is 13.8 Å². The van der Waals surface area contributed by atoms with Crippen LogP contribution in [0.25, 0.3) is 16.7 Å². The van der Waals surface area contributed by atoms with Gasteiger partial charge < -0.3 is 9.47 Å². The van der Waals surface area contributed by atoms with Gasteiger partial charge in [-0.3, -0.25) is 4.40 Å². The Bertz CT molecular complexity index is 945.